The zero-order chi connectivity index (χ0) is 32.5. The van der Waals surface area contributed by atoms with Crippen LogP contribution in [0.25, 0.3) is 0 Å². The van der Waals surface area contributed by atoms with E-state index in [9.17, 15) is 0 Å². The van der Waals surface area contributed by atoms with E-state index in [0.717, 1.165) is 30.2 Å². The minimum Gasteiger partial charge on any atom is -0.327 e. The first-order valence-corrected chi connectivity index (χ1v) is 27.3. The number of anilines is 1. The highest BCUT2D eigenvalue weighted by molar-refractivity contribution is 8.96. The molecule has 0 saturated carbocycles. The summed E-state index contributed by atoms with van der Waals surface area (Å²) < 4.78 is 18.0. The minimum atomic E-state index is -2.79. The van der Waals surface area contributed by atoms with Crippen molar-refractivity contribution in [2.75, 3.05) is 5.09 Å². The van der Waals surface area contributed by atoms with Crippen molar-refractivity contribution in [3.05, 3.63) is 182 Å². The summed E-state index contributed by atoms with van der Waals surface area (Å²) >= 11 is 9.00. The molecule has 1 atom stereocenters. The zero-order valence-electron chi connectivity index (χ0n) is 25.5. The Balaban J connectivity index is 1.55. The Morgan fingerprint density at radius 2 is 0.604 bits per heavy atom. The largest absolute Gasteiger partial charge is 0.327 e. The van der Waals surface area contributed by atoms with Gasteiger partial charge in [0.2, 0.25) is 17.8 Å². The molecular weight excluding hydrogens is 742 g/mol. The van der Waals surface area contributed by atoms with Crippen LogP contribution in [0.1, 0.15) is 0 Å². The van der Waals surface area contributed by atoms with E-state index < -0.39 is 17.8 Å². The van der Waals surface area contributed by atoms with Crippen molar-refractivity contribution in [2.24, 2.45) is 13.5 Å². The fourth-order valence-corrected chi connectivity index (χ4v) is 41.4. The SMILES string of the molecule is c1ccc(NP2(Sc3ccccc3)=NP(Sc3ccccc3)(Sc3ccccc3)=NP(Sc3ccccc3)(Sc3ccccc3)=N2)cc1. The second kappa shape index (κ2) is 16.1. The van der Waals surface area contributed by atoms with E-state index >= 15 is 0 Å². The Hall–Kier alpha value is -2.44. The molecule has 0 aromatic heterocycles. The van der Waals surface area contributed by atoms with Crippen molar-refractivity contribution in [3.8, 4) is 0 Å². The van der Waals surface area contributed by atoms with E-state index in [0.29, 0.717) is 0 Å². The van der Waals surface area contributed by atoms with E-state index in [-0.39, 0.29) is 0 Å². The number of nitrogens with one attached hydrogen (secondary N) is 1. The van der Waals surface area contributed by atoms with Crippen LogP contribution in [-0.2, 0) is 0 Å². The monoisotopic (exact) mass is 772 g/mol. The lowest BCUT2D eigenvalue weighted by molar-refractivity contribution is 1.47. The second-order valence-corrected chi connectivity index (χ2v) is 30.7. The molecule has 0 radical (unpaired) electrons. The third kappa shape index (κ3) is 9.01. The Labute approximate surface area is 303 Å². The van der Waals surface area contributed by atoms with Crippen LogP contribution < -0.4 is 5.09 Å². The Bertz CT molecular complexity index is 1710. The molecule has 1 unspecified atom stereocenters. The number of nitrogens with zero attached hydrogens (tertiary/aromatic N) is 3. The third-order valence-corrected chi connectivity index (χ3v) is 32.6. The molecule has 240 valence electrons. The molecule has 1 heterocycles. The van der Waals surface area contributed by atoms with Gasteiger partial charge in [0.25, 0.3) is 0 Å². The van der Waals surface area contributed by atoms with Crippen molar-refractivity contribution in [2.45, 2.75) is 24.5 Å². The number of para-hydroxylation sites is 1. The maximum absolute atomic E-state index is 6.02. The van der Waals surface area contributed by atoms with Gasteiger partial charge in [0.1, 0.15) is 0 Å². The highest BCUT2D eigenvalue weighted by Gasteiger charge is 2.41. The Morgan fingerprint density at radius 1 is 0.312 bits per heavy atom. The summed E-state index contributed by atoms with van der Waals surface area (Å²) in [7, 11) is 0. The van der Waals surface area contributed by atoms with E-state index in [1.165, 1.54) is 0 Å². The lowest BCUT2D eigenvalue weighted by Crippen LogP contribution is -1.95. The van der Waals surface area contributed by atoms with Gasteiger partial charge in [-0.2, -0.15) is 9.03 Å². The first kappa shape index (κ1) is 34.0. The van der Waals surface area contributed by atoms with E-state index in [1.54, 1.807) is 11.4 Å². The molecule has 0 bridgehead atoms. The molecule has 6 aromatic carbocycles. The second-order valence-electron chi connectivity index (χ2n) is 10.3. The average molecular weight is 773 g/mol. The molecule has 1 N–H and O–H groups in total. The van der Waals surface area contributed by atoms with Crippen molar-refractivity contribution in [1.82, 2.24) is 0 Å². The van der Waals surface area contributed by atoms with Gasteiger partial charge in [-0.05, 0) is 130 Å². The molecule has 0 spiro atoms. The van der Waals surface area contributed by atoms with E-state index in [1.807, 2.05) is 51.6 Å². The molecule has 7 rings (SSSR count). The van der Waals surface area contributed by atoms with Gasteiger partial charge in [-0.25, -0.2) is 4.52 Å². The van der Waals surface area contributed by atoms with Gasteiger partial charge in [0.15, 0.2) is 0 Å². The van der Waals surface area contributed by atoms with Crippen LogP contribution in [0, 0.1) is 0 Å². The van der Waals surface area contributed by atoms with E-state index in [2.05, 4.69) is 181 Å². The van der Waals surface area contributed by atoms with Crippen LogP contribution in [0.2, 0.25) is 0 Å². The lowest BCUT2D eigenvalue weighted by atomic mass is 10.3. The molecule has 4 nitrogen and oxygen atoms in total. The van der Waals surface area contributed by atoms with Gasteiger partial charge < -0.3 is 5.09 Å². The molecule has 6 aromatic rings. The van der Waals surface area contributed by atoms with Gasteiger partial charge in [-0.15, -0.1) is 0 Å². The van der Waals surface area contributed by atoms with Crippen LogP contribution in [0.3, 0.4) is 0 Å². The smallest absolute Gasteiger partial charge is 0.231 e. The Morgan fingerprint density at radius 3 is 0.958 bits per heavy atom. The first-order chi connectivity index (χ1) is 23.6. The number of hydrogen-bond acceptors (Lipinski definition) is 9. The highest BCUT2D eigenvalue weighted by atomic mass is 33.1. The topological polar surface area (TPSA) is 49.1 Å². The highest BCUT2D eigenvalue weighted by Crippen LogP contribution is 2.96. The van der Waals surface area contributed by atoms with Crippen LogP contribution >= 0.6 is 74.7 Å². The molecule has 1 aliphatic rings. The summed E-state index contributed by atoms with van der Waals surface area (Å²) in [6.45, 7) is -2.79. The quantitative estimate of drug-likeness (QED) is 0.125. The van der Waals surface area contributed by atoms with Crippen molar-refractivity contribution in [1.29, 1.82) is 0 Å². The summed E-state index contributed by atoms with van der Waals surface area (Å²) in [6.07, 6.45) is 0. The molecule has 1 aliphatic heterocycles. The number of benzene rings is 6. The molecule has 0 saturated heterocycles. The van der Waals surface area contributed by atoms with Crippen LogP contribution in [0.15, 0.2) is 220 Å². The predicted molar refractivity (Wildman–Crippen MR) is 220 cm³/mol. The van der Waals surface area contributed by atoms with Crippen LogP contribution in [-0.4, -0.2) is 0 Å². The number of hydrogen-bond donors (Lipinski definition) is 1. The van der Waals surface area contributed by atoms with Gasteiger partial charge in [0, 0.05) is 30.2 Å². The maximum Gasteiger partial charge on any atom is 0.231 e. The fourth-order valence-electron chi connectivity index (χ4n) is 4.57. The molecule has 0 amide bonds. The van der Waals surface area contributed by atoms with E-state index in [4.69, 9.17) is 13.5 Å². The third-order valence-electron chi connectivity index (χ3n) is 6.59. The molecular formula is C36H31N4P3S5. The molecule has 12 heteroatoms. The zero-order valence-corrected chi connectivity index (χ0v) is 32.3. The summed E-state index contributed by atoms with van der Waals surface area (Å²) in [5.41, 5.74) is -4.32. The van der Waals surface area contributed by atoms with Crippen molar-refractivity contribution >= 4 is 80.4 Å². The summed E-state index contributed by atoms with van der Waals surface area (Å²) in [4.78, 5) is 5.73. The Kier molecular flexibility index (Phi) is 11.4. The fraction of sp³-hybridized carbons (Fsp3) is 0. The van der Waals surface area contributed by atoms with Gasteiger partial charge in [-0.1, -0.05) is 109 Å². The summed E-state index contributed by atoms with van der Waals surface area (Å²) in [5.74, 6) is 0. The predicted octanol–water partition coefficient (Wildman–Crippen LogP) is 15.9. The van der Waals surface area contributed by atoms with Crippen LogP contribution in [0.4, 0.5) is 5.69 Å². The standard InChI is InChI=1S/C36H31N4P3S5/c1-7-19-31(20-8-1)37-41(44-32-21-9-2-10-22-32)38-42(45-33-23-11-3-12-24-33,46-34-25-13-4-14-26-34)40-43(39-41,47-35-27-15-5-16-28-35)48-36-29-17-6-18-30-36/h1-30,37H. The lowest BCUT2D eigenvalue weighted by Gasteiger charge is -2.35. The number of rotatable bonds is 12. The van der Waals surface area contributed by atoms with Crippen molar-refractivity contribution in [3.63, 3.8) is 0 Å². The summed E-state index contributed by atoms with van der Waals surface area (Å²) in [5, 5.41) is 3.98. The molecule has 0 fully saturated rings. The van der Waals surface area contributed by atoms with Crippen LogP contribution in [0.5, 0.6) is 0 Å². The molecule has 48 heavy (non-hydrogen) atoms. The normalized spacial score (nSPS) is 17.7. The first-order valence-electron chi connectivity index (χ1n) is 15.1. The van der Waals surface area contributed by atoms with Gasteiger partial charge >= 0.3 is 0 Å². The van der Waals surface area contributed by atoms with Gasteiger partial charge in [-0.3, -0.25) is 0 Å². The average Bonchev–Trinajstić information content (AvgIpc) is 3.10. The van der Waals surface area contributed by atoms with Crippen molar-refractivity contribution < 1.29 is 0 Å². The molecule has 0 aliphatic carbocycles. The minimum absolute atomic E-state index is 1.00. The summed E-state index contributed by atoms with van der Waals surface area (Å²) in [6, 6.07) is 63.5. The maximum atomic E-state index is 6.02. The van der Waals surface area contributed by atoms with Gasteiger partial charge in [0.05, 0.1) is 0 Å².